The molecule has 1 aromatic carbocycles. The first-order chi connectivity index (χ1) is 12.6. The van der Waals surface area contributed by atoms with Crippen LogP contribution in [0.15, 0.2) is 27.4 Å². The summed E-state index contributed by atoms with van der Waals surface area (Å²) in [6.45, 7) is 4.69. The average molecular weight is 355 g/mol. The second-order valence-corrected chi connectivity index (χ2v) is 7.36. The predicted octanol–water partition coefficient (Wildman–Crippen LogP) is 3.06. The van der Waals surface area contributed by atoms with Gasteiger partial charge in [0.05, 0.1) is 12.5 Å². The number of carbonyl (C=O) groups is 1. The first-order valence-electron chi connectivity index (χ1n) is 9.61. The molecule has 5 heteroatoms. The number of aryl methyl sites for hydroxylation is 2. The Morgan fingerprint density at radius 2 is 1.92 bits per heavy atom. The zero-order valence-electron chi connectivity index (χ0n) is 15.3. The van der Waals surface area contributed by atoms with E-state index in [-0.39, 0.29) is 17.5 Å². The van der Waals surface area contributed by atoms with Gasteiger partial charge in [0.15, 0.2) is 0 Å². The molecule has 2 aromatic rings. The normalized spacial score (nSPS) is 18.2. The monoisotopic (exact) mass is 355 g/mol. The van der Waals surface area contributed by atoms with E-state index in [0.717, 1.165) is 56.3 Å². The van der Waals surface area contributed by atoms with E-state index >= 15 is 0 Å². The number of nitrogens with zero attached hydrogens (tertiary/aromatic N) is 1. The molecule has 2 heterocycles. The fourth-order valence-corrected chi connectivity index (χ4v) is 4.25. The van der Waals surface area contributed by atoms with Crippen LogP contribution in [-0.2, 0) is 28.9 Å². The van der Waals surface area contributed by atoms with Crippen molar-refractivity contribution in [3.63, 3.8) is 0 Å². The van der Waals surface area contributed by atoms with Crippen molar-refractivity contribution in [2.24, 2.45) is 5.92 Å². The summed E-state index contributed by atoms with van der Waals surface area (Å²) in [6, 6.07) is 5.89. The SMILES string of the molecule is CCOC(=O)C1CCN(Cc2cc(=O)oc3cc4c(cc23)CCC4)CC1. The molecule has 1 aliphatic carbocycles. The minimum atomic E-state index is -0.285. The molecule has 5 nitrogen and oxygen atoms in total. The lowest BCUT2D eigenvalue weighted by Gasteiger charge is -2.31. The van der Waals surface area contributed by atoms with Gasteiger partial charge in [0.1, 0.15) is 5.58 Å². The van der Waals surface area contributed by atoms with Crippen molar-refractivity contribution in [3.8, 4) is 0 Å². The van der Waals surface area contributed by atoms with E-state index < -0.39 is 0 Å². The van der Waals surface area contributed by atoms with Gasteiger partial charge in [0, 0.05) is 18.0 Å². The molecule has 0 atom stereocenters. The van der Waals surface area contributed by atoms with Crippen LogP contribution in [0.3, 0.4) is 0 Å². The van der Waals surface area contributed by atoms with Crippen LogP contribution < -0.4 is 5.63 Å². The van der Waals surface area contributed by atoms with Crippen LogP contribution in [0.1, 0.15) is 42.9 Å². The lowest BCUT2D eigenvalue weighted by atomic mass is 9.96. The molecule has 138 valence electrons. The lowest BCUT2D eigenvalue weighted by molar-refractivity contribution is -0.149. The first kappa shape index (κ1) is 17.3. The Kier molecular flexibility index (Phi) is 4.81. The van der Waals surface area contributed by atoms with Crippen LogP contribution in [0.2, 0.25) is 0 Å². The molecule has 1 saturated heterocycles. The summed E-state index contributed by atoms with van der Waals surface area (Å²) in [6.07, 6.45) is 4.98. The Labute approximate surface area is 152 Å². The van der Waals surface area contributed by atoms with E-state index in [1.165, 1.54) is 17.5 Å². The molecule has 1 aromatic heterocycles. The van der Waals surface area contributed by atoms with Crippen molar-refractivity contribution in [2.45, 2.75) is 45.6 Å². The number of hydrogen-bond acceptors (Lipinski definition) is 5. The second-order valence-electron chi connectivity index (χ2n) is 7.36. The summed E-state index contributed by atoms with van der Waals surface area (Å²) in [7, 11) is 0. The van der Waals surface area contributed by atoms with Crippen LogP contribution in [-0.4, -0.2) is 30.6 Å². The van der Waals surface area contributed by atoms with Gasteiger partial charge in [-0.3, -0.25) is 9.69 Å². The van der Waals surface area contributed by atoms with Gasteiger partial charge in [-0.2, -0.15) is 0 Å². The summed E-state index contributed by atoms with van der Waals surface area (Å²) in [4.78, 5) is 26.2. The van der Waals surface area contributed by atoms with E-state index in [4.69, 9.17) is 9.15 Å². The standard InChI is InChI=1S/C21H25NO4/c1-2-25-21(24)14-6-8-22(9-7-14)13-17-12-20(23)26-19-11-16-5-3-4-15(16)10-18(17)19/h10-12,14H,2-9,13H2,1H3. The molecule has 0 amide bonds. The Bertz CT molecular complexity index is 877. The fourth-order valence-electron chi connectivity index (χ4n) is 4.25. The summed E-state index contributed by atoms with van der Waals surface area (Å²) in [5.74, 6) is -0.0689. The van der Waals surface area contributed by atoms with Gasteiger partial charge in [-0.1, -0.05) is 0 Å². The third kappa shape index (κ3) is 3.40. The highest BCUT2D eigenvalue weighted by Gasteiger charge is 2.26. The number of fused-ring (bicyclic) bond motifs is 2. The van der Waals surface area contributed by atoms with Crippen molar-refractivity contribution >= 4 is 16.9 Å². The smallest absolute Gasteiger partial charge is 0.336 e. The van der Waals surface area contributed by atoms with Gasteiger partial charge < -0.3 is 9.15 Å². The number of piperidine rings is 1. The van der Waals surface area contributed by atoms with Crippen molar-refractivity contribution < 1.29 is 13.9 Å². The van der Waals surface area contributed by atoms with Gasteiger partial charge in [-0.25, -0.2) is 4.79 Å². The molecule has 0 unspecified atom stereocenters. The molecule has 0 N–H and O–H groups in total. The minimum Gasteiger partial charge on any atom is -0.466 e. The van der Waals surface area contributed by atoms with Gasteiger partial charge in [-0.05, 0) is 80.9 Å². The summed E-state index contributed by atoms with van der Waals surface area (Å²) in [5.41, 5.74) is 4.14. The van der Waals surface area contributed by atoms with Gasteiger partial charge >= 0.3 is 11.6 Å². The zero-order chi connectivity index (χ0) is 18.1. The molecule has 0 saturated carbocycles. The summed E-state index contributed by atoms with van der Waals surface area (Å²) >= 11 is 0. The number of ether oxygens (including phenoxy) is 1. The summed E-state index contributed by atoms with van der Waals surface area (Å²) < 4.78 is 10.6. The lowest BCUT2D eigenvalue weighted by Crippen LogP contribution is -2.36. The van der Waals surface area contributed by atoms with Crippen molar-refractivity contribution in [2.75, 3.05) is 19.7 Å². The van der Waals surface area contributed by atoms with Crippen molar-refractivity contribution in [1.82, 2.24) is 4.90 Å². The van der Waals surface area contributed by atoms with Crippen LogP contribution in [0.25, 0.3) is 11.0 Å². The van der Waals surface area contributed by atoms with Gasteiger partial charge in [0.25, 0.3) is 0 Å². The molecule has 0 radical (unpaired) electrons. The molecular weight excluding hydrogens is 330 g/mol. The van der Waals surface area contributed by atoms with Gasteiger partial charge in [0.2, 0.25) is 0 Å². The van der Waals surface area contributed by atoms with E-state index in [9.17, 15) is 9.59 Å². The average Bonchev–Trinajstić information content (AvgIpc) is 3.08. The summed E-state index contributed by atoms with van der Waals surface area (Å²) in [5, 5.41) is 1.05. The minimum absolute atomic E-state index is 0.00653. The number of rotatable bonds is 4. The molecule has 1 fully saturated rings. The van der Waals surface area contributed by atoms with Crippen molar-refractivity contribution in [3.05, 3.63) is 45.3 Å². The zero-order valence-corrected chi connectivity index (χ0v) is 15.3. The van der Waals surface area contributed by atoms with Crippen LogP contribution >= 0.6 is 0 Å². The van der Waals surface area contributed by atoms with E-state index in [0.29, 0.717) is 12.2 Å². The fraction of sp³-hybridized carbons (Fsp3) is 0.524. The first-order valence-corrected chi connectivity index (χ1v) is 9.61. The molecule has 0 spiro atoms. The molecule has 26 heavy (non-hydrogen) atoms. The highest BCUT2D eigenvalue weighted by molar-refractivity contribution is 5.82. The molecule has 0 bridgehead atoms. The molecule has 1 aliphatic heterocycles. The van der Waals surface area contributed by atoms with Crippen molar-refractivity contribution in [1.29, 1.82) is 0 Å². The number of hydrogen-bond donors (Lipinski definition) is 0. The maximum Gasteiger partial charge on any atom is 0.336 e. The Balaban J connectivity index is 1.53. The Morgan fingerprint density at radius 1 is 1.19 bits per heavy atom. The Morgan fingerprint density at radius 3 is 2.65 bits per heavy atom. The largest absolute Gasteiger partial charge is 0.466 e. The van der Waals surface area contributed by atoms with Crippen LogP contribution in [0.4, 0.5) is 0 Å². The third-order valence-electron chi connectivity index (χ3n) is 5.64. The Hall–Kier alpha value is -2.14. The number of esters is 1. The highest BCUT2D eigenvalue weighted by atomic mass is 16.5. The van der Waals surface area contributed by atoms with Crippen LogP contribution in [0.5, 0.6) is 0 Å². The number of likely N-dealkylation sites (tertiary alicyclic amines) is 1. The number of benzene rings is 1. The van der Waals surface area contributed by atoms with E-state index in [1.807, 2.05) is 6.92 Å². The van der Waals surface area contributed by atoms with Crippen LogP contribution in [0, 0.1) is 5.92 Å². The molecule has 4 rings (SSSR count). The predicted molar refractivity (Wildman–Crippen MR) is 99.1 cm³/mol. The molecular formula is C21H25NO4. The quantitative estimate of drug-likeness (QED) is 0.623. The topological polar surface area (TPSA) is 59.8 Å². The maximum absolute atomic E-state index is 12.0. The number of carbonyl (C=O) groups excluding carboxylic acids is 1. The highest BCUT2D eigenvalue weighted by Crippen LogP contribution is 2.29. The second kappa shape index (κ2) is 7.23. The maximum atomic E-state index is 12.0. The third-order valence-corrected chi connectivity index (χ3v) is 5.64. The van der Waals surface area contributed by atoms with E-state index in [1.54, 1.807) is 6.07 Å². The van der Waals surface area contributed by atoms with Gasteiger partial charge in [-0.15, -0.1) is 0 Å². The molecule has 2 aliphatic rings. The van der Waals surface area contributed by atoms with E-state index in [2.05, 4.69) is 17.0 Å².